The van der Waals surface area contributed by atoms with Gasteiger partial charge in [-0.3, -0.25) is 0 Å². The van der Waals surface area contributed by atoms with Crippen molar-refractivity contribution in [2.24, 2.45) is 0 Å². The first-order valence-electron chi connectivity index (χ1n) is 17.5. The van der Waals surface area contributed by atoms with E-state index in [1.165, 1.54) is 36.9 Å². The SMILES string of the molecule is c1ccc(-c2cc(-c3cccc4sc5ccccc5c34)nc(-c3ccc4c(c3)NC(c3ccccc3)c3ccc5oc6ccccc6c5c3-4)n2)cc1. The van der Waals surface area contributed by atoms with E-state index in [1.54, 1.807) is 0 Å². The molecule has 1 aliphatic heterocycles. The lowest BCUT2D eigenvalue weighted by Gasteiger charge is -2.31. The van der Waals surface area contributed by atoms with Crippen molar-refractivity contribution in [1.29, 1.82) is 0 Å². The highest BCUT2D eigenvalue weighted by Gasteiger charge is 2.29. The van der Waals surface area contributed by atoms with Crippen LogP contribution in [-0.4, -0.2) is 9.97 Å². The molecule has 0 bridgehead atoms. The molecule has 10 aromatic rings. The van der Waals surface area contributed by atoms with Gasteiger partial charge in [-0.05, 0) is 47.5 Å². The summed E-state index contributed by atoms with van der Waals surface area (Å²) in [6, 6.07) is 57.6. The van der Waals surface area contributed by atoms with E-state index in [4.69, 9.17) is 14.4 Å². The van der Waals surface area contributed by atoms with Crippen LogP contribution in [0, 0.1) is 0 Å². The van der Waals surface area contributed by atoms with Crippen LogP contribution in [0.15, 0.2) is 168 Å². The van der Waals surface area contributed by atoms with E-state index in [1.807, 2.05) is 23.5 Å². The number of hydrogen-bond acceptors (Lipinski definition) is 5. The lowest BCUT2D eigenvalue weighted by atomic mass is 9.83. The average molecular weight is 684 g/mol. The highest BCUT2D eigenvalue weighted by molar-refractivity contribution is 7.25. The standard InChI is InChI=1S/C47H29N3OS/c1-3-12-28(13-4-1)36-27-38(31-18-11-21-42-43(31)34-17-8-10-20-41(34)52-42)50-47(49-36)30-22-23-32-37(26-30)48-46(29-14-5-2-6-15-29)35-24-25-40-45(44(32)35)33-16-7-9-19-39(33)51-40/h1-27,46,48H. The second kappa shape index (κ2) is 11.5. The monoisotopic (exact) mass is 683 g/mol. The molecule has 1 atom stereocenters. The Hall–Kier alpha value is -6.56. The number of nitrogens with zero attached hydrogens (tertiary/aromatic N) is 2. The predicted molar refractivity (Wildman–Crippen MR) is 216 cm³/mol. The fourth-order valence-corrected chi connectivity index (χ4v) is 9.12. The van der Waals surface area contributed by atoms with Gasteiger partial charge in [0.25, 0.3) is 0 Å². The lowest BCUT2D eigenvalue weighted by molar-refractivity contribution is 0.668. The Morgan fingerprint density at radius 2 is 1.27 bits per heavy atom. The van der Waals surface area contributed by atoms with Gasteiger partial charge >= 0.3 is 0 Å². The van der Waals surface area contributed by atoms with Crippen LogP contribution in [0.2, 0.25) is 0 Å². The molecule has 244 valence electrons. The van der Waals surface area contributed by atoms with E-state index in [0.29, 0.717) is 5.82 Å². The van der Waals surface area contributed by atoms with E-state index in [-0.39, 0.29) is 6.04 Å². The van der Waals surface area contributed by atoms with Gasteiger partial charge in [-0.25, -0.2) is 9.97 Å². The number of furan rings is 1. The molecule has 4 heterocycles. The summed E-state index contributed by atoms with van der Waals surface area (Å²) in [5.41, 5.74) is 12.5. The smallest absolute Gasteiger partial charge is 0.160 e. The summed E-state index contributed by atoms with van der Waals surface area (Å²) in [6.45, 7) is 0. The number of aromatic nitrogens is 2. The first-order chi connectivity index (χ1) is 25.8. The summed E-state index contributed by atoms with van der Waals surface area (Å²) in [5, 5.41) is 8.68. The highest BCUT2D eigenvalue weighted by atomic mass is 32.1. The summed E-state index contributed by atoms with van der Waals surface area (Å²) in [4.78, 5) is 10.6. The quantitative estimate of drug-likeness (QED) is 0.201. The number of anilines is 1. The van der Waals surface area contributed by atoms with E-state index in [9.17, 15) is 0 Å². The number of fused-ring (bicyclic) bond motifs is 10. The Morgan fingerprint density at radius 3 is 2.15 bits per heavy atom. The molecule has 11 rings (SSSR count). The van der Waals surface area contributed by atoms with Crippen molar-refractivity contribution in [3.05, 3.63) is 175 Å². The summed E-state index contributed by atoms with van der Waals surface area (Å²) in [6.07, 6.45) is 0. The van der Waals surface area contributed by atoms with Crippen LogP contribution >= 0.6 is 11.3 Å². The maximum atomic E-state index is 6.39. The predicted octanol–water partition coefficient (Wildman–Crippen LogP) is 12.9. The first-order valence-corrected chi connectivity index (χ1v) is 18.3. The molecule has 0 saturated carbocycles. The van der Waals surface area contributed by atoms with Crippen molar-refractivity contribution >= 4 is 59.1 Å². The van der Waals surface area contributed by atoms with Crippen LogP contribution < -0.4 is 5.32 Å². The van der Waals surface area contributed by atoms with Crippen LogP contribution in [0.4, 0.5) is 5.69 Å². The summed E-state index contributed by atoms with van der Waals surface area (Å²) < 4.78 is 8.92. The molecular weight excluding hydrogens is 655 g/mol. The number of benzene rings is 7. The summed E-state index contributed by atoms with van der Waals surface area (Å²) in [5.74, 6) is 0.687. The normalized spacial score (nSPS) is 13.7. The van der Waals surface area contributed by atoms with Crippen molar-refractivity contribution in [2.75, 3.05) is 5.32 Å². The van der Waals surface area contributed by atoms with Gasteiger partial charge in [0, 0.05) is 64.4 Å². The maximum absolute atomic E-state index is 6.39. The van der Waals surface area contributed by atoms with Gasteiger partial charge in [-0.2, -0.15) is 0 Å². The second-order valence-electron chi connectivity index (χ2n) is 13.4. The third-order valence-electron chi connectivity index (χ3n) is 10.3. The van der Waals surface area contributed by atoms with E-state index < -0.39 is 0 Å². The first kappa shape index (κ1) is 29.2. The molecule has 3 aromatic heterocycles. The van der Waals surface area contributed by atoms with Gasteiger partial charge in [0.05, 0.1) is 17.4 Å². The molecule has 1 unspecified atom stereocenters. The minimum absolute atomic E-state index is 0.0476. The summed E-state index contributed by atoms with van der Waals surface area (Å²) in [7, 11) is 0. The van der Waals surface area contributed by atoms with Gasteiger partial charge in [0.2, 0.25) is 0 Å². The molecule has 0 spiro atoms. The van der Waals surface area contributed by atoms with Crippen molar-refractivity contribution < 1.29 is 4.42 Å². The number of thiophene rings is 1. The molecule has 5 heteroatoms. The van der Waals surface area contributed by atoms with Crippen molar-refractivity contribution in [3.63, 3.8) is 0 Å². The zero-order valence-corrected chi connectivity index (χ0v) is 28.7. The number of rotatable bonds is 4. The molecule has 4 nitrogen and oxygen atoms in total. The number of para-hydroxylation sites is 1. The van der Waals surface area contributed by atoms with Crippen molar-refractivity contribution in [1.82, 2.24) is 9.97 Å². The van der Waals surface area contributed by atoms with Crippen LogP contribution in [0.25, 0.3) is 87.1 Å². The highest BCUT2D eigenvalue weighted by Crippen LogP contribution is 2.49. The van der Waals surface area contributed by atoms with Crippen LogP contribution in [0.1, 0.15) is 17.2 Å². The second-order valence-corrected chi connectivity index (χ2v) is 14.4. The Kier molecular flexibility index (Phi) is 6.45. The molecule has 1 aliphatic rings. The largest absolute Gasteiger partial charge is 0.456 e. The molecule has 0 fully saturated rings. The Bertz CT molecular complexity index is 3000. The Balaban J connectivity index is 1.14. The Labute approximate surface area is 303 Å². The third-order valence-corrected chi connectivity index (χ3v) is 11.5. The van der Waals surface area contributed by atoms with Crippen LogP contribution in [0.3, 0.4) is 0 Å². The number of hydrogen-bond donors (Lipinski definition) is 1. The molecule has 0 radical (unpaired) electrons. The van der Waals surface area contributed by atoms with Gasteiger partial charge in [0.1, 0.15) is 11.2 Å². The fraction of sp³-hybridized carbons (Fsp3) is 0.0213. The molecule has 0 aliphatic carbocycles. The Morgan fingerprint density at radius 1 is 0.519 bits per heavy atom. The van der Waals surface area contributed by atoms with Gasteiger partial charge < -0.3 is 9.73 Å². The zero-order chi connectivity index (χ0) is 34.2. The topological polar surface area (TPSA) is 51.0 Å². The molecule has 0 saturated heterocycles. The van der Waals surface area contributed by atoms with Crippen LogP contribution in [0.5, 0.6) is 0 Å². The molecule has 7 aromatic carbocycles. The molecule has 1 N–H and O–H groups in total. The minimum atomic E-state index is -0.0476. The van der Waals surface area contributed by atoms with Gasteiger partial charge in [-0.15, -0.1) is 11.3 Å². The lowest BCUT2D eigenvalue weighted by Crippen LogP contribution is -2.18. The molecular formula is C47H29N3OS. The number of nitrogens with one attached hydrogen (secondary N) is 1. The molecule has 52 heavy (non-hydrogen) atoms. The van der Waals surface area contributed by atoms with Crippen LogP contribution in [-0.2, 0) is 0 Å². The van der Waals surface area contributed by atoms with E-state index in [0.717, 1.165) is 61.3 Å². The van der Waals surface area contributed by atoms with Gasteiger partial charge in [-0.1, -0.05) is 127 Å². The summed E-state index contributed by atoms with van der Waals surface area (Å²) >= 11 is 1.82. The van der Waals surface area contributed by atoms with Crippen molar-refractivity contribution in [2.45, 2.75) is 6.04 Å². The van der Waals surface area contributed by atoms with E-state index >= 15 is 0 Å². The molecule has 0 amide bonds. The third kappa shape index (κ3) is 4.53. The maximum Gasteiger partial charge on any atom is 0.160 e. The van der Waals surface area contributed by atoms with Gasteiger partial charge in [0.15, 0.2) is 5.82 Å². The van der Waals surface area contributed by atoms with Crippen molar-refractivity contribution in [3.8, 4) is 45.0 Å². The fourth-order valence-electron chi connectivity index (χ4n) is 7.99. The average Bonchev–Trinajstić information content (AvgIpc) is 3.79. The minimum Gasteiger partial charge on any atom is -0.456 e. The van der Waals surface area contributed by atoms with E-state index in [2.05, 4.69) is 157 Å². The zero-order valence-electron chi connectivity index (χ0n) is 27.9.